The van der Waals surface area contributed by atoms with Crippen LogP contribution in [0.25, 0.3) is 10.9 Å². The van der Waals surface area contributed by atoms with Crippen LogP contribution in [0.4, 0.5) is 4.39 Å². The Hall–Kier alpha value is -2.41. The lowest BCUT2D eigenvalue weighted by Gasteiger charge is -2.37. The van der Waals surface area contributed by atoms with Crippen LogP contribution in [0.2, 0.25) is 0 Å². The van der Waals surface area contributed by atoms with Crippen LogP contribution in [0.5, 0.6) is 0 Å². The molecule has 0 saturated carbocycles. The number of benzene rings is 1. The highest BCUT2D eigenvalue weighted by Crippen LogP contribution is 2.26. The number of nitrogens with zero attached hydrogens (tertiary/aromatic N) is 3. The summed E-state index contributed by atoms with van der Waals surface area (Å²) >= 11 is 0. The second-order valence-corrected chi connectivity index (χ2v) is 8.82. The molecule has 2 aliphatic rings. The third kappa shape index (κ3) is 4.33. The molecule has 31 heavy (non-hydrogen) atoms. The number of amides is 2. The first kappa shape index (κ1) is 21.8. The normalized spacial score (nSPS) is 24.4. The van der Waals surface area contributed by atoms with E-state index in [1.54, 1.807) is 0 Å². The van der Waals surface area contributed by atoms with Crippen molar-refractivity contribution in [3.8, 4) is 0 Å². The molecule has 0 spiro atoms. The van der Waals surface area contributed by atoms with Gasteiger partial charge in [0.2, 0.25) is 11.8 Å². The standard InChI is InChI=1S/C24H33FN4O2/c1-2-27-19(14-17-6-3-4-8-22(17)27)10-9-18-7-5-13-28(18)23(30)16-29-20(15-25)11-12-21(26)24(29)31/h3-4,6,8,14,18,20-21H,2,5,7,9-13,15-16,26H2,1H3/t18-,20-,21-/m0/s1. The lowest BCUT2D eigenvalue weighted by molar-refractivity contribution is -0.146. The maximum absolute atomic E-state index is 13.4. The molecule has 0 aliphatic carbocycles. The summed E-state index contributed by atoms with van der Waals surface area (Å²) in [5, 5.41) is 1.25. The molecule has 4 rings (SSSR count). The number of rotatable bonds is 7. The molecule has 7 heteroatoms. The molecule has 3 heterocycles. The number of aryl methyl sites for hydroxylation is 2. The van der Waals surface area contributed by atoms with Crippen molar-refractivity contribution in [2.75, 3.05) is 19.8 Å². The predicted octanol–water partition coefficient (Wildman–Crippen LogP) is 2.87. The number of hydrogen-bond acceptors (Lipinski definition) is 3. The summed E-state index contributed by atoms with van der Waals surface area (Å²) in [5.74, 6) is -0.384. The van der Waals surface area contributed by atoms with Gasteiger partial charge in [0.05, 0.1) is 12.1 Å². The number of aromatic nitrogens is 1. The predicted molar refractivity (Wildman–Crippen MR) is 119 cm³/mol. The summed E-state index contributed by atoms with van der Waals surface area (Å²) in [6, 6.07) is 9.66. The Balaban J connectivity index is 1.42. The van der Waals surface area contributed by atoms with Gasteiger partial charge in [-0.15, -0.1) is 0 Å². The van der Waals surface area contributed by atoms with Crippen LogP contribution in [-0.4, -0.2) is 64.1 Å². The molecule has 0 radical (unpaired) electrons. The van der Waals surface area contributed by atoms with Gasteiger partial charge < -0.3 is 20.1 Å². The molecule has 0 unspecified atom stereocenters. The number of halogens is 1. The van der Waals surface area contributed by atoms with Crippen molar-refractivity contribution in [1.29, 1.82) is 0 Å². The van der Waals surface area contributed by atoms with Crippen LogP contribution in [0.3, 0.4) is 0 Å². The zero-order valence-electron chi connectivity index (χ0n) is 18.3. The minimum absolute atomic E-state index is 0.0627. The molecule has 0 bridgehead atoms. The highest BCUT2D eigenvalue weighted by Gasteiger charge is 2.37. The Kier molecular flexibility index (Phi) is 6.60. The van der Waals surface area contributed by atoms with Crippen LogP contribution < -0.4 is 5.73 Å². The molecule has 2 fully saturated rings. The Bertz CT molecular complexity index is 943. The molecule has 2 amide bonds. The van der Waals surface area contributed by atoms with Crippen LogP contribution >= 0.6 is 0 Å². The van der Waals surface area contributed by atoms with Crippen molar-refractivity contribution < 1.29 is 14.0 Å². The lowest BCUT2D eigenvalue weighted by Crippen LogP contribution is -2.57. The van der Waals surface area contributed by atoms with Crippen molar-refractivity contribution in [3.05, 3.63) is 36.0 Å². The van der Waals surface area contributed by atoms with E-state index < -0.39 is 18.8 Å². The summed E-state index contributed by atoms with van der Waals surface area (Å²) in [6.07, 6.45) is 4.72. The Morgan fingerprint density at radius 2 is 2.00 bits per heavy atom. The van der Waals surface area contributed by atoms with Crippen LogP contribution in [-0.2, 0) is 22.6 Å². The van der Waals surface area contributed by atoms with Gasteiger partial charge in [0, 0.05) is 30.3 Å². The molecule has 2 aromatic rings. The van der Waals surface area contributed by atoms with Crippen molar-refractivity contribution in [1.82, 2.24) is 14.4 Å². The third-order valence-corrected chi connectivity index (χ3v) is 6.98. The quantitative estimate of drug-likeness (QED) is 0.737. The van der Waals surface area contributed by atoms with Gasteiger partial charge in [-0.2, -0.15) is 0 Å². The van der Waals surface area contributed by atoms with Crippen molar-refractivity contribution >= 4 is 22.7 Å². The maximum atomic E-state index is 13.4. The number of likely N-dealkylation sites (tertiary alicyclic amines) is 2. The fourth-order valence-electron chi connectivity index (χ4n) is 5.27. The number of fused-ring (bicyclic) bond motifs is 1. The SMILES string of the molecule is CCn1c(CC[C@@H]2CCCN2C(=O)CN2C(=O)[C@@H](N)CC[C@H]2CF)cc2ccccc21. The monoisotopic (exact) mass is 428 g/mol. The van der Waals surface area contributed by atoms with Gasteiger partial charge in [0.25, 0.3) is 0 Å². The molecule has 1 aromatic carbocycles. The van der Waals surface area contributed by atoms with E-state index in [4.69, 9.17) is 5.73 Å². The molecular formula is C24H33FN4O2. The highest BCUT2D eigenvalue weighted by atomic mass is 19.1. The van der Waals surface area contributed by atoms with Gasteiger partial charge in [0.1, 0.15) is 13.2 Å². The number of carbonyl (C=O) groups is 2. The topological polar surface area (TPSA) is 71.6 Å². The van der Waals surface area contributed by atoms with E-state index in [-0.39, 0.29) is 24.4 Å². The molecule has 2 saturated heterocycles. The van der Waals surface area contributed by atoms with Crippen molar-refractivity contribution in [2.24, 2.45) is 5.73 Å². The van der Waals surface area contributed by atoms with Crippen LogP contribution in [0.15, 0.2) is 30.3 Å². The van der Waals surface area contributed by atoms with Gasteiger partial charge in [-0.05, 0) is 63.0 Å². The molecule has 1 aromatic heterocycles. The second-order valence-electron chi connectivity index (χ2n) is 8.82. The lowest BCUT2D eigenvalue weighted by atomic mass is 9.98. The maximum Gasteiger partial charge on any atom is 0.242 e. The van der Waals surface area contributed by atoms with Gasteiger partial charge in [-0.1, -0.05) is 18.2 Å². The van der Waals surface area contributed by atoms with Gasteiger partial charge in [0.15, 0.2) is 0 Å². The Morgan fingerprint density at radius 3 is 2.77 bits per heavy atom. The summed E-state index contributed by atoms with van der Waals surface area (Å²) in [5.41, 5.74) is 8.41. The molecule has 6 nitrogen and oxygen atoms in total. The van der Waals surface area contributed by atoms with E-state index in [0.717, 1.165) is 32.2 Å². The molecule has 2 N–H and O–H groups in total. The van der Waals surface area contributed by atoms with Crippen LogP contribution in [0.1, 0.15) is 44.7 Å². The van der Waals surface area contributed by atoms with Gasteiger partial charge in [-0.3, -0.25) is 9.59 Å². The summed E-state index contributed by atoms with van der Waals surface area (Å²) in [7, 11) is 0. The fourth-order valence-corrected chi connectivity index (χ4v) is 5.27. The first-order chi connectivity index (χ1) is 15.0. The average molecular weight is 429 g/mol. The molecular weight excluding hydrogens is 395 g/mol. The zero-order valence-corrected chi connectivity index (χ0v) is 18.3. The average Bonchev–Trinajstić information content (AvgIpc) is 3.39. The molecule has 3 atom stereocenters. The summed E-state index contributed by atoms with van der Waals surface area (Å²) < 4.78 is 15.8. The van der Waals surface area contributed by atoms with E-state index in [2.05, 4.69) is 41.8 Å². The number of alkyl halides is 1. The van der Waals surface area contributed by atoms with Crippen LogP contribution in [0, 0.1) is 0 Å². The van der Waals surface area contributed by atoms with E-state index >= 15 is 0 Å². The summed E-state index contributed by atoms with van der Waals surface area (Å²) in [6.45, 7) is 3.08. The van der Waals surface area contributed by atoms with E-state index in [1.807, 2.05) is 4.90 Å². The largest absolute Gasteiger partial charge is 0.345 e. The number of hydrogen-bond donors (Lipinski definition) is 1. The Labute approximate surface area is 183 Å². The molecule has 2 aliphatic heterocycles. The third-order valence-electron chi connectivity index (χ3n) is 6.98. The van der Waals surface area contributed by atoms with Gasteiger partial charge >= 0.3 is 0 Å². The van der Waals surface area contributed by atoms with E-state index in [0.29, 0.717) is 19.4 Å². The van der Waals surface area contributed by atoms with Crippen molar-refractivity contribution in [2.45, 2.75) is 70.1 Å². The number of carbonyl (C=O) groups excluding carboxylic acids is 2. The first-order valence-electron chi connectivity index (χ1n) is 11.5. The van der Waals surface area contributed by atoms with E-state index in [1.165, 1.54) is 21.5 Å². The zero-order chi connectivity index (χ0) is 22.0. The molecule has 168 valence electrons. The minimum atomic E-state index is -0.628. The number of nitrogens with two attached hydrogens (primary N) is 1. The second kappa shape index (κ2) is 9.39. The van der Waals surface area contributed by atoms with Crippen molar-refractivity contribution in [3.63, 3.8) is 0 Å². The smallest absolute Gasteiger partial charge is 0.242 e. The number of piperidine rings is 1. The highest BCUT2D eigenvalue weighted by molar-refractivity contribution is 5.88. The number of para-hydroxylation sites is 1. The fraction of sp³-hybridized carbons (Fsp3) is 0.583. The minimum Gasteiger partial charge on any atom is -0.345 e. The van der Waals surface area contributed by atoms with E-state index in [9.17, 15) is 14.0 Å². The van der Waals surface area contributed by atoms with Gasteiger partial charge in [-0.25, -0.2) is 4.39 Å². The first-order valence-corrected chi connectivity index (χ1v) is 11.5. The summed E-state index contributed by atoms with van der Waals surface area (Å²) in [4.78, 5) is 28.8. The Morgan fingerprint density at radius 1 is 1.19 bits per heavy atom.